The van der Waals surface area contributed by atoms with Crippen LogP contribution in [0, 0.1) is 20.8 Å². The van der Waals surface area contributed by atoms with Crippen molar-refractivity contribution in [3.05, 3.63) is 47.5 Å². The fourth-order valence-corrected chi connectivity index (χ4v) is 2.13. The number of aryl methyl sites for hydroxylation is 4. The smallest absolute Gasteiger partial charge is 0.319 e. The molecule has 0 radical (unpaired) electrons. The van der Waals surface area contributed by atoms with E-state index in [1.54, 1.807) is 6.20 Å². The molecule has 0 spiro atoms. The van der Waals surface area contributed by atoms with Gasteiger partial charge in [-0.05, 0) is 44.4 Å². The summed E-state index contributed by atoms with van der Waals surface area (Å²) in [7, 11) is 0. The van der Waals surface area contributed by atoms with Crippen molar-refractivity contribution in [2.45, 2.75) is 33.7 Å². The average molecular weight is 286 g/mol. The molecule has 0 saturated carbocycles. The summed E-state index contributed by atoms with van der Waals surface area (Å²) >= 11 is 0. The first-order valence-electron chi connectivity index (χ1n) is 7.16. The van der Waals surface area contributed by atoms with E-state index in [2.05, 4.69) is 20.2 Å². The molecule has 2 N–H and O–H groups in total. The predicted molar refractivity (Wildman–Crippen MR) is 84.5 cm³/mol. The Balaban J connectivity index is 1.75. The van der Waals surface area contributed by atoms with Crippen LogP contribution in [-0.2, 0) is 6.54 Å². The molecule has 0 fully saturated rings. The quantitative estimate of drug-likeness (QED) is 0.830. The van der Waals surface area contributed by atoms with E-state index in [0.29, 0.717) is 6.54 Å². The van der Waals surface area contributed by atoms with Gasteiger partial charge in [0.05, 0.1) is 0 Å². The Bertz CT molecular complexity index is 618. The number of amides is 2. The monoisotopic (exact) mass is 286 g/mol. The Hall–Kier alpha value is -2.30. The standard InChI is InChI=1S/C16H22N4O/c1-12-5-6-13(2)15(11-12)19-16(21)18-7-4-9-20-10-8-17-14(20)3/h5-6,8,10-11H,4,7,9H2,1-3H3,(H2,18,19,21). The highest BCUT2D eigenvalue weighted by atomic mass is 16.2. The molecule has 1 heterocycles. The lowest BCUT2D eigenvalue weighted by atomic mass is 10.1. The van der Waals surface area contributed by atoms with Crippen molar-refractivity contribution < 1.29 is 4.79 Å². The largest absolute Gasteiger partial charge is 0.338 e. The second kappa shape index (κ2) is 6.92. The normalized spacial score (nSPS) is 10.4. The molecule has 0 bridgehead atoms. The zero-order chi connectivity index (χ0) is 15.2. The fraction of sp³-hybridized carbons (Fsp3) is 0.375. The number of nitrogens with one attached hydrogen (secondary N) is 2. The number of nitrogens with zero attached hydrogens (tertiary/aromatic N) is 2. The fourth-order valence-electron chi connectivity index (χ4n) is 2.13. The number of carbonyl (C=O) groups is 1. The van der Waals surface area contributed by atoms with Crippen LogP contribution in [0.15, 0.2) is 30.6 Å². The third-order valence-corrected chi connectivity index (χ3v) is 3.43. The van der Waals surface area contributed by atoms with E-state index in [0.717, 1.165) is 35.6 Å². The number of rotatable bonds is 5. The van der Waals surface area contributed by atoms with Crippen molar-refractivity contribution in [3.8, 4) is 0 Å². The number of aromatic nitrogens is 2. The lowest BCUT2D eigenvalue weighted by Crippen LogP contribution is -2.30. The Labute approximate surface area is 125 Å². The molecular formula is C16H22N4O. The van der Waals surface area contributed by atoms with Crippen LogP contribution in [0.3, 0.4) is 0 Å². The van der Waals surface area contributed by atoms with E-state index < -0.39 is 0 Å². The lowest BCUT2D eigenvalue weighted by Gasteiger charge is -2.11. The van der Waals surface area contributed by atoms with Crippen LogP contribution >= 0.6 is 0 Å². The molecule has 5 nitrogen and oxygen atoms in total. The van der Waals surface area contributed by atoms with E-state index in [1.807, 2.05) is 45.2 Å². The minimum Gasteiger partial charge on any atom is -0.338 e. The van der Waals surface area contributed by atoms with E-state index in [4.69, 9.17) is 0 Å². The topological polar surface area (TPSA) is 59.0 Å². The summed E-state index contributed by atoms with van der Waals surface area (Å²) in [6, 6.07) is 5.86. The van der Waals surface area contributed by atoms with E-state index in [-0.39, 0.29) is 6.03 Å². The molecule has 0 aliphatic heterocycles. The first-order valence-corrected chi connectivity index (χ1v) is 7.16. The number of urea groups is 1. The van der Waals surface area contributed by atoms with Crippen LogP contribution < -0.4 is 10.6 Å². The van der Waals surface area contributed by atoms with Crippen LogP contribution in [0.2, 0.25) is 0 Å². The minimum atomic E-state index is -0.161. The molecule has 2 rings (SSSR count). The molecule has 1 aromatic heterocycles. The number of imidazole rings is 1. The molecule has 0 saturated heterocycles. The average Bonchev–Trinajstić information content (AvgIpc) is 2.84. The van der Waals surface area contributed by atoms with Gasteiger partial charge in [0.25, 0.3) is 0 Å². The summed E-state index contributed by atoms with van der Waals surface area (Å²) in [5.41, 5.74) is 3.05. The van der Waals surface area contributed by atoms with Gasteiger partial charge < -0.3 is 15.2 Å². The van der Waals surface area contributed by atoms with E-state index in [9.17, 15) is 4.79 Å². The summed E-state index contributed by atoms with van der Waals surface area (Å²) in [4.78, 5) is 16.0. The molecular weight excluding hydrogens is 264 g/mol. The Kier molecular flexibility index (Phi) is 4.98. The first kappa shape index (κ1) is 15.1. The van der Waals surface area contributed by atoms with E-state index in [1.165, 1.54) is 0 Å². The van der Waals surface area contributed by atoms with Crippen molar-refractivity contribution in [1.82, 2.24) is 14.9 Å². The molecule has 5 heteroatoms. The van der Waals surface area contributed by atoms with Gasteiger partial charge in [-0.25, -0.2) is 9.78 Å². The number of hydrogen-bond donors (Lipinski definition) is 2. The zero-order valence-electron chi connectivity index (χ0n) is 12.8. The summed E-state index contributed by atoms with van der Waals surface area (Å²) in [6.07, 6.45) is 4.61. The van der Waals surface area contributed by atoms with Crippen molar-refractivity contribution >= 4 is 11.7 Å². The molecule has 0 aliphatic carbocycles. The second-order valence-corrected chi connectivity index (χ2v) is 5.22. The molecule has 2 aromatic rings. The van der Waals surface area contributed by atoms with Gasteiger partial charge in [0, 0.05) is 31.2 Å². The van der Waals surface area contributed by atoms with Gasteiger partial charge in [0.2, 0.25) is 0 Å². The number of carbonyl (C=O) groups excluding carboxylic acids is 1. The van der Waals surface area contributed by atoms with Gasteiger partial charge in [0.1, 0.15) is 5.82 Å². The summed E-state index contributed by atoms with van der Waals surface area (Å²) in [6.45, 7) is 7.46. The molecule has 21 heavy (non-hydrogen) atoms. The summed E-state index contributed by atoms with van der Waals surface area (Å²) in [5, 5.41) is 5.76. The number of anilines is 1. The van der Waals surface area contributed by atoms with Gasteiger partial charge in [-0.15, -0.1) is 0 Å². The molecule has 2 amide bonds. The van der Waals surface area contributed by atoms with Crippen LogP contribution in [-0.4, -0.2) is 22.1 Å². The zero-order valence-corrected chi connectivity index (χ0v) is 12.8. The molecule has 1 aromatic carbocycles. The highest BCUT2D eigenvalue weighted by molar-refractivity contribution is 5.90. The highest BCUT2D eigenvalue weighted by Gasteiger charge is 2.04. The highest BCUT2D eigenvalue weighted by Crippen LogP contribution is 2.15. The van der Waals surface area contributed by atoms with Crippen molar-refractivity contribution in [2.75, 3.05) is 11.9 Å². The summed E-state index contributed by atoms with van der Waals surface area (Å²) in [5.74, 6) is 0.995. The van der Waals surface area contributed by atoms with Gasteiger partial charge in [-0.2, -0.15) is 0 Å². The SMILES string of the molecule is Cc1ccc(C)c(NC(=O)NCCCn2ccnc2C)c1. The van der Waals surface area contributed by atoms with Crippen LogP contribution in [0.25, 0.3) is 0 Å². The molecule has 112 valence electrons. The van der Waals surface area contributed by atoms with Crippen LogP contribution in [0.1, 0.15) is 23.4 Å². The van der Waals surface area contributed by atoms with Crippen molar-refractivity contribution in [2.24, 2.45) is 0 Å². The van der Waals surface area contributed by atoms with E-state index >= 15 is 0 Å². The first-order chi connectivity index (χ1) is 10.1. The van der Waals surface area contributed by atoms with Crippen molar-refractivity contribution in [3.63, 3.8) is 0 Å². The van der Waals surface area contributed by atoms with Crippen LogP contribution in [0.5, 0.6) is 0 Å². The Morgan fingerprint density at radius 1 is 1.29 bits per heavy atom. The predicted octanol–water partition coefficient (Wildman–Crippen LogP) is 3.02. The lowest BCUT2D eigenvalue weighted by molar-refractivity contribution is 0.252. The Morgan fingerprint density at radius 3 is 2.81 bits per heavy atom. The maximum absolute atomic E-state index is 11.9. The minimum absolute atomic E-state index is 0.161. The number of hydrogen-bond acceptors (Lipinski definition) is 2. The molecule has 0 aliphatic rings. The molecule has 0 unspecified atom stereocenters. The molecule has 0 atom stereocenters. The van der Waals surface area contributed by atoms with Crippen LogP contribution in [0.4, 0.5) is 10.5 Å². The maximum Gasteiger partial charge on any atom is 0.319 e. The van der Waals surface area contributed by atoms with Gasteiger partial charge in [-0.3, -0.25) is 0 Å². The van der Waals surface area contributed by atoms with Gasteiger partial charge in [-0.1, -0.05) is 12.1 Å². The third kappa shape index (κ3) is 4.34. The van der Waals surface area contributed by atoms with Gasteiger partial charge >= 0.3 is 6.03 Å². The van der Waals surface area contributed by atoms with Crippen molar-refractivity contribution in [1.29, 1.82) is 0 Å². The number of benzene rings is 1. The van der Waals surface area contributed by atoms with Gasteiger partial charge in [0.15, 0.2) is 0 Å². The second-order valence-electron chi connectivity index (χ2n) is 5.22. The Morgan fingerprint density at radius 2 is 2.10 bits per heavy atom. The summed E-state index contributed by atoms with van der Waals surface area (Å²) < 4.78 is 2.07. The maximum atomic E-state index is 11.9. The third-order valence-electron chi connectivity index (χ3n) is 3.43.